The van der Waals surface area contributed by atoms with Crippen molar-refractivity contribution in [3.63, 3.8) is 0 Å². The van der Waals surface area contributed by atoms with Crippen LogP contribution in [0.25, 0.3) is 0 Å². The standard InChI is InChI=1S/C16H25N3O3/c1-3-8-19-9-5-13(17-19)15(20)18-10-7-16(6-4-11-22-16)14(12-18)21-2/h5,9,14H,3-4,6-8,10-12H2,1-2H3/t14-,16-/m0/s1. The normalized spacial score (nSPS) is 28.5. The van der Waals surface area contributed by atoms with Gasteiger partial charge in [0.05, 0.1) is 12.1 Å². The predicted molar refractivity (Wildman–Crippen MR) is 81.8 cm³/mol. The summed E-state index contributed by atoms with van der Waals surface area (Å²) in [5.41, 5.74) is 0.333. The summed E-state index contributed by atoms with van der Waals surface area (Å²) in [7, 11) is 1.71. The van der Waals surface area contributed by atoms with E-state index in [9.17, 15) is 4.79 Å². The Bertz CT molecular complexity index is 522. The van der Waals surface area contributed by atoms with Gasteiger partial charge in [0.25, 0.3) is 5.91 Å². The fraction of sp³-hybridized carbons (Fsp3) is 0.750. The van der Waals surface area contributed by atoms with Crippen molar-refractivity contribution in [1.82, 2.24) is 14.7 Å². The van der Waals surface area contributed by atoms with Crippen molar-refractivity contribution in [2.45, 2.75) is 50.9 Å². The van der Waals surface area contributed by atoms with E-state index < -0.39 is 0 Å². The molecule has 0 radical (unpaired) electrons. The van der Waals surface area contributed by atoms with E-state index >= 15 is 0 Å². The van der Waals surface area contributed by atoms with Gasteiger partial charge in [0.15, 0.2) is 0 Å². The predicted octanol–water partition coefficient (Wildman–Crippen LogP) is 1.70. The number of piperidine rings is 1. The van der Waals surface area contributed by atoms with Crippen LogP contribution in [0, 0.1) is 0 Å². The molecule has 0 bridgehead atoms. The maximum absolute atomic E-state index is 12.6. The van der Waals surface area contributed by atoms with Crippen LogP contribution in [0.15, 0.2) is 12.3 Å². The molecule has 1 amide bonds. The smallest absolute Gasteiger partial charge is 0.274 e. The molecule has 6 heteroatoms. The molecule has 2 fully saturated rings. The molecule has 3 heterocycles. The summed E-state index contributed by atoms with van der Waals surface area (Å²) in [6.45, 7) is 5.02. The molecular formula is C16H25N3O3. The molecule has 1 aromatic rings. The van der Waals surface area contributed by atoms with E-state index in [4.69, 9.17) is 9.47 Å². The van der Waals surface area contributed by atoms with Crippen LogP contribution in [0.1, 0.15) is 43.1 Å². The van der Waals surface area contributed by atoms with E-state index in [1.54, 1.807) is 13.2 Å². The number of methoxy groups -OCH3 is 1. The van der Waals surface area contributed by atoms with Crippen molar-refractivity contribution in [3.05, 3.63) is 18.0 Å². The monoisotopic (exact) mass is 307 g/mol. The summed E-state index contributed by atoms with van der Waals surface area (Å²) in [5.74, 6) is -0.00949. The summed E-state index contributed by atoms with van der Waals surface area (Å²) in [6, 6.07) is 1.80. The first-order valence-corrected chi connectivity index (χ1v) is 8.18. The van der Waals surface area contributed by atoms with Gasteiger partial charge in [-0.1, -0.05) is 6.92 Å². The number of hydrogen-bond donors (Lipinski definition) is 0. The van der Waals surface area contributed by atoms with E-state index in [2.05, 4.69) is 12.0 Å². The van der Waals surface area contributed by atoms with Crippen LogP contribution in [-0.2, 0) is 16.0 Å². The molecule has 0 N–H and O–H groups in total. The molecule has 2 aliphatic heterocycles. The third kappa shape index (κ3) is 2.77. The molecule has 3 rings (SSSR count). The lowest BCUT2D eigenvalue weighted by atomic mass is 9.85. The number of carbonyl (C=O) groups is 1. The number of rotatable bonds is 4. The SMILES string of the molecule is CCCn1ccc(C(=O)N2CC[C@@]3(CCCO3)[C@@H](OC)C2)n1. The Morgan fingerprint density at radius 1 is 1.55 bits per heavy atom. The lowest BCUT2D eigenvalue weighted by molar-refractivity contribution is -0.136. The number of aromatic nitrogens is 2. The minimum Gasteiger partial charge on any atom is -0.377 e. The molecule has 0 aromatic carbocycles. The Labute approximate surface area is 131 Å². The molecule has 2 saturated heterocycles. The highest BCUT2D eigenvalue weighted by atomic mass is 16.5. The van der Waals surface area contributed by atoms with Gasteiger partial charge < -0.3 is 14.4 Å². The molecule has 122 valence electrons. The van der Waals surface area contributed by atoms with E-state index in [0.29, 0.717) is 18.8 Å². The Balaban J connectivity index is 1.68. The van der Waals surface area contributed by atoms with Crippen LogP contribution in [-0.4, -0.2) is 59.1 Å². The van der Waals surface area contributed by atoms with Crippen molar-refractivity contribution in [2.75, 3.05) is 26.8 Å². The largest absolute Gasteiger partial charge is 0.377 e. The van der Waals surface area contributed by atoms with E-state index in [1.165, 1.54) is 0 Å². The maximum atomic E-state index is 12.6. The fourth-order valence-electron chi connectivity index (χ4n) is 3.58. The third-order valence-corrected chi connectivity index (χ3v) is 4.80. The van der Waals surface area contributed by atoms with Crippen molar-refractivity contribution in [1.29, 1.82) is 0 Å². The molecule has 6 nitrogen and oxygen atoms in total. The van der Waals surface area contributed by atoms with Gasteiger partial charge >= 0.3 is 0 Å². The molecule has 0 aliphatic carbocycles. The first kappa shape index (κ1) is 15.5. The second-order valence-electron chi connectivity index (χ2n) is 6.21. The highest BCUT2D eigenvalue weighted by Crippen LogP contribution is 2.37. The maximum Gasteiger partial charge on any atom is 0.274 e. The second kappa shape index (κ2) is 6.38. The van der Waals surface area contributed by atoms with Gasteiger partial charge in [0.2, 0.25) is 0 Å². The molecule has 22 heavy (non-hydrogen) atoms. The molecule has 1 spiro atoms. The first-order valence-electron chi connectivity index (χ1n) is 8.18. The fourth-order valence-corrected chi connectivity index (χ4v) is 3.58. The van der Waals surface area contributed by atoms with Crippen LogP contribution < -0.4 is 0 Å². The Hall–Kier alpha value is -1.40. The quantitative estimate of drug-likeness (QED) is 0.849. The summed E-state index contributed by atoms with van der Waals surface area (Å²) >= 11 is 0. The number of amides is 1. The van der Waals surface area contributed by atoms with Crippen LogP contribution >= 0.6 is 0 Å². The van der Waals surface area contributed by atoms with Gasteiger partial charge in [-0.2, -0.15) is 5.10 Å². The average molecular weight is 307 g/mol. The van der Waals surface area contributed by atoms with Gasteiger partial charge in [0, 0.05) is 33.0 Å². The number of aryl methyl sites for hydroxylation is 1. The van der Waals surface area contributed by atoms with E-state index in [-0.39, 0.29) is 17.6 Å². The van der Waals surface area contributed by atoms with Crippen LogP contribution in [0.5, 0.6) is 0 Å². The van der Waals surface area contributed by atoms with E-state index in [0.717, 1.165) is 38.8 Å². The summed E-state index contributed by atoms with van der Waals surface area (Å²) in [5, 5.41) is 4.37. The van der Waals surface area contributed by atoms with Gasteiger partial charge in [0.1, 0.15) is 11.8 Å². The van der Waals surface area contributed by atoms with Crippen LogP contribution in [0.4, 0.5) is 0 Å². The van der Waals surface area contributed by atoms with Gasteiger partial charge in [-0.05, 0) is 31.7 Å². The summed E-state index contributed by atoms with van der Waals surface area (Å²) in [4.78, 5) is 14.5. The minimum absolute atomic E-state index is 0.00949. The van der Waals surface area contributed by atoms with E-state index in [1.807, 2.05) is 15.8 Å². The number of ether oxygens (including phenoxy) is 2. The lowest BCUT2D eigenvalue weighted by Crippen LogP contribution is -2.57. The van der Waals surface area contributed by atoms with Crippen molar-refractivity contribution in [3.8, 4) is 0 Å². The molecule has 2 atom stereocenters. The molecule has 0 saturated carbocycles. The average Bonchev–Trinajstić information content (AvgIpc) is 3.18. The van der Waals surface area contributed by atoms with Crippen molar-refractivity contribution in [2.24, 2.45) is 0 Å². The van der Waals surface area contributed by atoms with Gasteiger partial charge in [-0.3, -0.25) is 9.48 Å². The Morgan fingerprint density at radius 3 is 3.09 bits per heavy atom. The van der Waals surface area contributed by atoms with Crippen molar-refractivity contribution < 1.29 is 14.3 Å². The summed E-state index contributed by atoms with van der Waals surface area (Å²) in [6.07, 6.45) is 5.77. The highest BCUT2D eigenvalue weighted by molar-refractivity contribution is 5.92. The van der Waals surface area contributed by atoms with Gasteiger partial charge in [-0.15, -0.1) is 0 Å². The Kier molecular flexibility index (Phi) is 4.49. The Morgan fingerprint density at radius 2 is 2.41 bits per heavy atom. The zero-order valence-corrected chi connectivity index (χ0v) is 13.5. The number of carbonyl (C=O) groups excluding carboxylic acids is 1. The molecule has 0 unspecified atom stereocenters. The number of nitrogens with zero attached hydrogens (tertiary/aromatic N) is 3. The van der Waals surface area contributed by atoms with Crippen LogP contribution in [0.2, 0.25) is 0 Å². The van der Waals surface area contributed by atoms with Crippen molar-refractivity contribution >= 4 is 5.91 Å². The zero-order valence-electron chi connectivity index (χ0n) is 13.5. The molecule has 1 aromatic heterocycles. The molecule has 2 aliphatic rings. The lowest BCUT2D eigenvalue weighted by Gasteiger charge is -2.44. The van der Waals surface area contributed by atoms with Crippen LogP contribution in [0.3, 0.4) is 0 Å². The number of hydrogen-bond acceptors (Lipinski definition) is 4. The zero-order chi connectivity index (χ0) is 15.6. The third-order valence-electron chi connectivity index (χ3n) is 4.80. The van der Waals surface area contributed by atoms with Gasteiger partial charge in [-0.25, -0.2) is 0 Å². The topological polar surface area (TPSA) is 56.6 Å². The second-order valence-corrected chi connectivity index (χ2v) is 6.21. The number of likely N-dealkylation sites (tertiary alicyclic amines) is 1. The first-order chi connectivity index (χ1) is 10.7. The minimum atomic E-state index is -0.187. The highest BCUT2D eigenvalue weighted by Gasteiger charge is 2.47. The summed E-state index contributed by atoms with van der Waals surface area (Å²) < 4.78 is 13.4. The molecular weight excluding hydrogens is 282 g/mol.